The van der Waals surface area contributed by atoms with Crippen LogP contribution in [-0.2, 0) is 6.42 Å². The van der Waals surface area contributed by atoms with Crippen molar-refractivity contribution in [1.82, 2.24) is 9.88 Å². The zero-order valence-corrected chi connectivity index (χ0v) is 17.9. The molecule has 1 amide bonds. The van der Waals surface area contributed by atoms with Gasteiger partial charge in [0, 0.05) is 32.4 Å². The van der Waals surface area contributed by atoms with Crippen LogP contribution in [0.5, 0.6) is 5.75 Å². The minimum atomic E-state index is 0.129. The van der Waals surface area contributed by atoms with E-state index in [-0.39, 0.29) is 12.0 Å². The summed E-state index contributed by atoms with van der Waals surface area (Å²) in [4.78, 5) is 20.3. The summed E-state index contributed by atoms with van der Waals surface area (Å²) in [6, 6.07) is 6.24. The number of carbonyl (C=O) groups is 1. The number of amides is 1. The van der Waals surface area contributed by atoms with E-state index in [9.17, 15) is 4.79 Å². The fourth-order valence-corrected chi connectivity index (χ4v) is 4.63. The summed E-state index contributed by atoms with van der Waals surface area (Å²) in [6.45, 7) is 12.0. The molecule has 4 nitrogen and oxygen atoms in total. The zero-order chi connectivity index (χ0) is 19.6. The van der Waals surface area contributed by atoms with Gasteiger partial charge in [0.1, 0.15) is 16.7 Å². The number of aryl methyl sites for hydroxylation is 3. The van der Waals surface area contributed by atoms with Crippen LogP contribution < -0.4 is 4.74 Å². The molecule has 1 fully saturated rings. The second-order valence-corrected chi connectivity index (χ2v) is 9.06. The third-order valence-corrected chi connectivity index (χ3v) is 6.30. The topological polar surface area (TPSA) is 42.4 Å². The number of carbonyl (C=O) groups excluding carboxylic acids is 1. The molecular formula is C22H30N2O2S. The summed E-state index contributed by atoms with van der Waals surface area (Å²) >= 11 is 1.56. The first-order valence-electron chi connectivity index (χ1n) is 9.83. The molecule has 1 saturated heterocycles. The number of piperidine rings is 1. The number of ether oxygens (including phenoxy) is 1. The maximum Gasteiger partial charge on any atom is 0.265 e. The molecule has 0 bridgehead atoms. The van der Waals surface area contributed by atoms with Gasteiger partial charge in [-0.05, 0) is 49.9 Å². The Balaban J connectivity index is 1.57. The van der Waals surface area contributed by atoms with E-state index in [2.05, 4.69) is 44.8 Å². The van der Waals surface area contributed by atoms with Crippen molar-refractivity contribution in [3.63, 3.8) is 0 Å². The number of thiazole rings is 1. The molecule has 0 aliphatic carbocycles. The summed E-state index contributed by atoms with van der Waals surface area (Å²) in [5.41, 5.74) is 3.40. The maximum atomic E-state index is 12.9. The molecule has 0 spiro atoms. The lowest BCUT2D eigenvalue weighted by Crippen LogP contribution is -2.41. The van der Waals surface area contributed by atoms with Gasteiger partial charge in [0.15, 0.2) is 0 Å². The first-order chi connectivity index (χ1) is 12.8. The fraction of sp³-hybridized carbons (Fsp3) is 0.545. The molecule has 146 valence electrons. The van der Waals surface area contributed by atoms with Gasteiger partial charge in [-0.2, -0.15) is 0 Å². The van der Waals surface area contributed by atoms with E-state index in [1.54, 1.807) is 11.3 Å². The molecule has 2 aromatic rings. The summed E-state index contributed by atoms with van der Waals surface area (Å²) in [6.07, 6.45) is 2.85. The lowest BCUT2D eigenvalue weighted by Gasteiger charge is -2.32. The predicted molar refractivity (Wildman–Crippen MR) is 111 cm³/mol. The van der Waals surface area contributed by atoms with Crippen LogP contribution in [0.15, 0.2) is 18.2 Å². The highest BCUT2D eigenvalue weighted by Crippen LogP contribution is 2.26. The molecule has 1 aromatic carbocycles. The van der Waals surface area contributed by atoms with Crippen LogP contribution in [0.4, 0.5) is 0 Å². The molecule has 27 heavy (non-hydrogen) atoms. The van der Waals surface area contributed by atoms with Crippen LogP contribution in [0, 0.1) is 26.7 Å². The van der Waals surface area contributed by atoms with Crippen LogP contribution in [0.25, 0.3) is 0 Å². The van der Waals surface area contributed by atoms with Crippen molar-refractivity contribution in [1.29, 1.82) is 0 Å². The lowest BCUT2D eigenvalue weighted by atomic mass is 10.1. The van der Waals surface area contributed by atoms with Gasteiger partial charge in [-0.1, -0.05) is 19.9 Å². The highest BCUT2D eigenvalue weighted by atomic mass is 32.1. The van der Waals surface area contributed by atoms with Crippen LogP contribution in [0.2, 0.25) is 0 Å². The van der Waals surface area contributed by atoms with E-state index in [0.29, 0.717) is 5.92 Å². The van der Waals surface area contributed by atoms with Crippen LogP contribution in [0.3, 0.4) is 0 Å². The Hall–Kier alpha value is -1.88. The van der Waals surface area contributed by atoms with Gasteiger partial charge in [0.05, 0.1) is 10.7 Å². The van der Waals surface area contributed by atoms with Crippen molar-refractivity contribution >= 4 is 17.2 Å². The van der Waals surface area contributed by atoms with Crippen LogP contribution in [0.1, 0.15) is 58.2 Å². The Bertz CT molecular complexity index is 805. The lowest BCUT2D eigenvalue weighted by molar-refractivity contribution is 0.0599. The van der Waals surface area contributed by atoms with E-state index in [1.165, 1.54) is 11.1 Å². The molecule has 0 radical (unpaired) electrons. The molecule has 0 unspecified atom stereocenters. The molecule has 1 aliphatic heterocycles. The largest absolute Gasteiger partial charge is 0.490 e. The average molecular weight is 387 g/mol. The molecular weight excluding hydrogens is 356 g/mol. The Kier molecular flexibility index (Phi) is 6.20. The standard InChI is InChI=1S/C22H30N2O2S/c1-14(2)12-20-23-17(5)21(27-20)22(25)24-10-8-18(9-11-24)26-19-7-6-15(3)16(4)13-19/h6-7,13-14,18H,8-12H2,1-5H3. The third kappa shape index (κ3) is 4.89. The summed E-state index contributed by atoms with van der Waals surface area (Å²) in [5.74, 6) is 1.61. The van der Waals surface area contributed by atoms with E-state index >= 15 is 0 Å². The second kappa shape index (κ2) is 8.42. The second-order valence-electron chi connectivity index (χ2n) is 7.98. The highest BCUT2D eigenvalue weighted by Gasteiger charge is 2.27. The van der Waals surface area contributed by atoms with E-state index in [1.807, 2.05) is 17.9 Å². The van der Waals surface area contributed by atoms with Crippen molar-refractivity contribution in [2.45, 2.75) is 60.0 Å². The predicted octanol–water partition coefficient (Wildman–Crippen LogP) is 4.95. The van der Waals surface area contributed by atoms with Gasteiger partial charge in [-0.3, -0.25) is 4.79 Å². The third-order valence-electron chi connectivity index (χ3n) is 5.13. The normalized spacial score (nSPS) is 15.4. The molecule has 3 rings (SSSR count). The number of likely N-dealkylation sites (tertiary alicyclic amines) is 1. The Morgan fingerprint density at radius 3 is 2.56 bits per heavy atom. The number of rotatable bonds is 5. The van der Waals surface area contributed by atoms with Gasteiger partial charge in [-0.15, -0.1) is 11.3 Å². The number of hydrogen-bond donors (Lipinski definition) is 0. The molecule has 0 saturated carbocycles. The summed E-state index contributed by atoms with van der Waals surface area (Å²) in [7, 11) is 0. The molecule has 2 heterocycles. The van der Waals surface area contributed by atoms with Gasteiger partial charge < -0.3 is 9.64 Å². The van der Waals surface area contributed by atoms with E-state index in [0.717, 1.165) is 53.7 Å². The van der Waals surface area contributed by atoms with Crippen LogP contribution in [-0.4, -0.2) is 35.0 Å². The Labute approximate surface area is 166 Å². The van der Waals surface area contributed by atoms with E-state index < -0.39 is 0 Å². The quantitative estimate of drug-likeness (QED) is 0.730. The molecule has 1 aromatic heterocycles. The van der Waals surface area contributed by atoms with E-state index in [4.69, 9.17) is 4.74 Å². The van der Waals surface area contributed by atoms with Gasteiger partial charge >= 0.3 is 0 Å². The SMILES string of the molecule is Cc1ccc(OC2CCN(C(=O)c3sc(CC(C)C)nc3C)CC2)cc1C. The summed E-state index contributed by atoms with van der Waals surface area (Å²) in [5, 5.41) is 1.07. The number of hydrogen-bond acceptors (Lipinski definition) is 4. The van der Waals surface area contributed by atoms with Crippen LogP contribution >= 0.6 is 11.3 Å². The zero-order valence-electron chi connectivity index (χ0n) is 17.0. The van der Waals surface area contributed by atoms with Crippen molar-refractivity contribution in [2.24, 2.45) is 5.92 Å². The highest BCUT2D eigenvalue weighted by molar-refractivity contribution is 7.13. The monoisotopic (exact) mass is 386 g/mol. The average Bonchev–Trinajstić information content (AvgIpc) is 2.97. The summed E-state index contributed by atoms with van der Waals surface area (Å²) < 4.78 is 6.15. The van der Waals surface area contributed by atoms with Crippen molar-refractivity contribution < 1.29 is 9.53 Å². The first kappa shape index (κ1) is 19.9. The molecule has 5 heteroatoms. The molecule has 0 N–H and O–H groups in total. The van der Waals surface area contributed by atoms with Crippen molar-refractivity contribution in [3.8, 4) is 5.75 Å². The number of aromatic nitrogens is 1. The number of benzene rings is 1. The molecule has 0 atom stereocenters. The van der Waals surface area contributed by atoms with Gasteiger partial charge in [0.2, 0.25) is 0 Å². The fourth-order valence-electron chi connectivity index (χ4n) is 3.39. The van der Waals surface area contributed by atoms with Gasteiger partial charge in [-0.25, -0.2) is 4.98 Å². The van der Waals surface area contributed by atoms with Gasteiger partial charge in [0.25, 0.3) is 5.91 Å². The smallest absolute Gasteiger partial charge is 0.265 e. The Morgan fingerprint density at radius 1 is 1.22 bits per heavy atom. The maximum absolute atomic E-state index is 12.9. The van der Waals surface area contributed by atoms with Crippen molar-refractivity contribution in [2.75, 3.05) is 13.1 Å². The Morgan fingerprint density at radius 2 is 1.93 bits per heavy atom. The first-order valence-corrected chi connectivity index (χ1v) is 10.6. The minimum absolute atomic E-state index is 0.129. The molecule has 1 aliphatic rings. The van der Waals surface area contributed by atoms with Crippen molar-refractivity contribution in [3.05, 3.63) is 44.9 Å². The number of nitrogens with zero attached hydrogens (tertiary/aromatic N) is 2. The minimum Gasteiger partial charge on any atom is -0.490 e.